The molecule has 0 spiro atoms. The molecule has 2 aromatic rings. The average molecular weight is 455 g/mol. The van der Waals surface area contributed by atoms with E-state index in [9.17, 15) is 5.11 Å². The first-order chi connectivity index (χ1) is 16.2. The topological polar surface area (TPSA) is 105 Å². The molecule has 5 rings (SSSR count). The molecule has 2 saturated heterocycles. The Morgan fingerprint density at radius 2 is 1.79 bits per heavy atom. The Labute approximate surface area is 193 Å². The molecule has 1 aliphatic carbocycles. The van der Waals surface area contributed by atoms with Gasteiger partial charge in [-0.1, -0.05) is 0 Å². The molecule has 176 valence electrons. The van der Waals surface area contributed by atoms with Crippen LogP contribution in [0.15, 0.2) is 29.4 Å². The van der Waals surface area contributed by atoms with Gasteiger partial charge in [-0.3, -0.25) is 10.3 Å². The maximum Gasteiger partial charge on any atom is 0.320 e. The number of fused-ring (bicyclic) bond motifs is 1. The second kappa shape index (κ2) is 10.3. The van der Waals surface area contributed by atoms with Gasteiger partial charge in [0.25, 0.3) is 0 Å². The third-order valence-corrected chi connectivity index (χ3v) is 6.11. The number of morpholine rings is 2. The van der Waals surface area contributed by atoms with Gasteiger partial charge in [0.1, 0.15) is 18.2 Å². The molecule has 0 radical (unpaired) electrons. The first-order valence-electron chi connectivity index (χ1n) is 11.5. The van der Waals surface area contributed by atoms with Crippen LogP contribution in [-0.2, 0) is 15.9 Å². The molecule has 10 nitrogen and oxygen atoms in total. The summed E-state index contributed by atoms with van der Waals surface area (Å²) in [5.74, 6) is 1.68. The Bertz CT molecular complexity index is 989. The fourth-order valence-electron chi connectivity index (χ4n) is 4.28. The van der Waals surface area contributed by atoms with E-state index in [1.165, 1.54) is 0 Å². The van der Waals surface area contributed by atoms with Crippen LogP contribution < -0.4 is 15.1 Å². The van der Waals surface area contributed by atoms with Crippen molar-refractivity contribution < 1.29 is 19.3 Å². The zero-order chi connectivity index (χ0) is 22.5. The monoisotopic (exact) mass is 454 g/mol. The van der Waals surface area contributed by atoms with Crippen molar-refractivity contribution in [1.29, 1.82) is 0 Å². The summed E-state index contributed by atoms with van der Waals surface area (Å²) in [5, 5.41) is 14.3. The summed E-state index contributed by atoms with van der Waals surface area (Å²) in [4.78, 5) is 13.7. The number of aromatic hydroxyl groups is 1. The molecule has 1 aromatic carbocycles. The van der Waals surface area contributed by atoms with E-state index in [1.54, 1.807) is 12.1 Å². The standard InChI is InChI=1S/C23H30N6O4/c30-18-2-3-19-17(15-18)1-4-20(19)26-27-21-16-22(29-8-12-32-13-9-29)25-23(24-21)33-14-7-28-5-10-31-11-6-28/h2-3,15-16,30H,1,4-14H2,(H,24,25,27)/b26-20-. The molecule has 0 bridgehead atoms. The molecular formula is C23H30N6O4. The van der Waals surface area contributed by atoms with Gasteiger partial charge in [0.2, 0.25) is 0 Å². The van der Waals surface area contributed by atoms with Gasteiger partial charge in [-0.05, 0) is 36.6 Å². The highest BCUT2D eigenvalue weighted by Gasteiger charge is 2.19. The molecule has 3 aliphatic rings. The molecule has 0 unspecified atom stereocenters. The molecule has 10 heteroatoms. The highest BCUT2D eigenvalue weighted by molar-refractivity contribution is 6.04. The van der Waals surface area contributed by atoms with Crippen LogP contribution in [0, 0.1) is 0 Å². The zero-order valence-electron chi connectivity index (χ0n) is 18.7. The Morgan fingerprint density at radius 3 is 2.61 bits per heavy atom. The predicted molar refractivity (Wildman–Crippen MR) is 124 cm³/mol. The van der Waals surface area contributed by atoms with Crippen molar-refractivity contribution in [2.45, 2.75) is 12.8 Å². The van der Waals surface area contributed by atoms with Crippen LogP contribution in [0.3, 0.4) is 0 Å². The van der Waals surface area contributed by atoms with Crippen LogP contribution in [0.2, 0.25) is 0 Å². The number of aromatic nitrogens is 2. The molecule has 3 heterocycles. The highest BCUT2D eigenvalue weighted by Crippen LogP contribution is 2.27. The van der Waals surface area contributed by atoms with E-state index in [1.807, 2.05) is 12.1 Å². The predicted octanol–water partition coefficient (Wildman–Crippen LogP) is 1.49. The van der Waals surface area contributed by atoms with Crippen molar-refractivity contribution in [3.63, 3.8) is 0 Å². The Morgan fingerprint density at radius 1 is 1.00 bits per heavy atom. The zero-order valence-corrected chi connectivity index (χ0v) is 18.7. The van der Waals surface area contributed by atoms with E-state index in [4.69, 9.17) is 14.2 Å². The van der Waals surface area contributed by atoms with Gasteiger partial charge in [0.15, 0.2) is 5.82 Å². The number of hydrazone groups is 1. The van der Waals surface area contributed by atoms with Crippen molar-refractivity contribution in [2.75, 3.05) is 76.1 Å². The molecule has 2 fully saturated rings. The number of anilines is 2. The molecular weight excluding hydrogens is 424 g/mol. The molecule has 0 amide bonds. The van der Waals surface area contributed by atoms with Crippen molar-refractivity contribution in [3.05, 3.63) is 35.4 Å². The van der Waals surface area contributed by atoms with E-state index >= 15 is 0 Å². The minimum Gasteiger partial charge on any atom is -0.508 e. The van der Waals surface area contributed by atoms with E-state index in [0.29, 0.717) is 31.6 Å². The first-order valence-corrected chi connectivity index (χ1v) is 11.5. The Balaban J connectivity index is 1.30. The first kappa shape index (κ1) is 21.9. The van der Waals surface area contributed by atoms with Crippen molar-refractivity contribution in [2.24, 2.45) is 5.10 Å². The molecule has 33 heavy (non-hydrogen) atoms. The number of benzene rings is 1. The van der Waals surface area contributed by atoms with Crippen LogP contribution in [0.4, 0.5) is 11.6 Å². The molecule has 2 aliphatic heterocycles. The van der Waals surface area contributed by atoms with E-state index < -0.39 is 0 Å². The van der Waals surface area contributed by atoms with Crippen molar-refractivity contribution in [3.8, 4) is 11.8 Å². The summed E-state index contributed by atoms with van der Waals surface area (Å²) in [6.45, 7) is 7.58. The number of aryl methyl sites for hydroxylation is 1. The molecule has 0 saturated carbocycles. The highest BCUT2D eigenvalue weighted by atomic mass is 16.5. The van der Waals surface area contributed by atoms with Gasteiger partial charge in [-0.2, -0.15) is 15.1 Å². The van der Waals surface area contributed by atoms with Crippen LogP contribution in [0.25, 0.3) is 0 Å². The lowest BCUT2D eigenvalue weighted by molar-refractivity contribution is 0.0317. The number of hydrogen-bond acceptors (Lipinski definition) is 10. The summed E-state index contributed by atoms with van der Waals surface area (Å²) < 4.78 is 16.8. The maximum absolute atomic E-state index is 9.72. The number of nitrogens with zero attached hydrogens (tertiary/aromatic N) is 5. The third kappa shape index (κ3) is 5.52. The fraction of sp³-hybridized carbons (Fsp3) is 0.522. The van der Waals surface area contributed by atoms with Gasteiger partial charge >= 0.3 is 6.01 Å². The van der Waals surface area contributed by atoms with Gasteiger partial charge in [-0.15, -0.1) is 0 Å². The minimum atomic E-state index is 0.285. The lowest BCUT2D eigenvalue weighted by atomic mass is 10.1. The summed E-state index contributed by atoms with van der Waals surface area (Å²) in [6.07, 6.45) is 1.68. The Kier molecular flexibility index (Phi) is 6.84. The number of hydrogen-bond donors (Lipinski definition) is 2. The van der Waals surface area contributed by atoms with E-state index in [2.05, 4.69) is 30.3 Å². The van der Waals surface area contributed by atoms with Gasteiger partial charge in [0.05, 0.1) is 32.1 Å². The van der Waals surface area contributed by atoms with Gasteiger partial charge < -0.3 is 24.2 Å². The summed E-state index contributed by atoms with van der Waals surface area (Å²) >= 11 is 0. The minimum absolute atomic E-state index is 0.285. The van der Waals surface area contributed by atoms with E-state index in [0.717, 1.165) is 81.4 Å². The molecule has 0 atom stereocenters. The quantitative estimate of drug-likeness (QED) is 0.602. The van der Waals surface area contributed by atoms with Crippen LogP contribution in [-0.4, -0.2) is 91.4 Å². The molecule has 1 aromatic heterocycles. The maximum atomic E-state index is 9.72. The van der Waals surface area contributed by atoms with Crippen LogP contribution in [0.5, 0.6) is 11.8 Å². The van der Waals surface area contributed by atoms with Crippen molar-refractivity contribution in [1.82, 2.24) is 14.9 Å². The molecule has 2 N–H and O–H groups in total. The number of phenolic OH excluding ortho intramolecular Hbond substituents is 1. The second-order valence-electron chi connectivity index (χ2n) is 8.31. The third-order valence-electron chi connectivity index (χ3n) is 6.11. The van der Waals surface area contributed by atoms with E-state index in [-0.39, 0.29) is 5.75 Å². The average Bonchev–Trinajstić information content (AvgIpc) is 3.26. The van der Waals surface area contributed by atoms with Crippen LogP contribution >= 0.6 is 0 Å². The van der Waals surface area contributed by atoms with Crippen molar-refractivity contribution >= 4 is 17.3 Å². The number of phenols is 1. The number of nitrogens with one attached hydrogen (secondary N) is 1. The normalized spacial score (nSPS) is 20.1. The second-order valence-corrected chi connectivity index (χ2v) is 8.31. The van der Waals surface area contributed by atoms with Gasteiger partial charge in [-0.25, -0.2) is 0 Å². The van der Waals surface area contributed by atoms with Gasteiger partial charge in [0, 0.05) is 44.4 Å². The number of ether oxygens (including phenoxy) is 3. The SMILES string of the molecule is Oc1ccc2c(c1)CC/C2=N/Nc1cc(N2CCOCC2)nc(OCCN2CCOCC2)n1. The smallest absolute Gasteiger partial charge is 0.320 e. The number of rotatable bonds is 7. The van der Waals surface area contributed by atoms with Crippen LogP contribution in [0.1, 0.15) is 17.5 Å². The lowest BCUT2D eigenvalue weighted by Gasteiger charge is -2.28. The largest absolute Gasteiger partial charge is 0.508 e. The summed E-state index contributed by atoms with van der Waals surface area (Å²) in [7, 11) is 0. The fourth-order valence-corrected chi connectivity index (χ4v) is 4.28. The Hall–Kier alpha value is -2.95. The lowest BCUT2D eigenvalue weighted by Crippen LogP contribution is -2.39. The summed E-state index contributed by atoms with van der Waals surface area (Å²) in [6, 6.07) is 7.65. The summed E-state index contributed by atoms with van der Waals surface area (Å²) in [5.41, 5.74) is 6.23.